The third kappa shape index (κ3) is 1.33. The van der Waals surface area contributed by atoms with E-state index >= 15 is 0 Å². The van der Waals surface area contributed by atoms with Gasteiger partial charge in [-0.2, -0.15) is 0 Å². The maximum atomic E-state index is 11.9. The maximum Gasteiger partial charge on any atom is 0.351 e. The van der Waals surface area contributed by atoms with Gasteiger partial charge in [-0.05, 0) is 19.1 Å². The summed E-state index contributed by atoms with van der Waals surface area (Å²) in [7, 11) is 0. The Hall–Kier alpha value is -2.04. The molecule has 0 aromatic heterocycles. The predicted octanol–water partition coefficient (Wildman–Crippen LogP) is 1.58. The zero-order valence-electron chi connectivity index (χ0n) is 9.92. The number of para-hydroxylation sites is 1. The molecule has 0 unspecified atom stereocenters. The molecule has 5 heteroatoms. The van der Waals surface area contributed by atoms with Crippen LogP contribution in [-0.2, 0) is 9.53 Å². The molecule has 2 atom stereocenters. The van der Waals surface area contributed by atoms with Gasteiger partial charge in [0.1, 0.15) is 5.75 Å². The topological polar surface area (TPSA) is 68.1 Å². The number of carbonyl (C=O) groups is 1. The second-order valence-electron chi connectivity index (χ2n) is 4.45. The van der Waals surface area contributed by atoms with Gasteiger partial charge in [0.15, 0.2) is 0 Å². The highest BCUT2D eigenvalue weighted by molar-refractivity contribution is 6.12. The van der Waals surface area contributed by atoms with E-state index in [4.69, 9.17) is 14.7 Å². The Balaban J connectivity index is 2.01. The quantitative estimate of drug-likeness (QED) is 0.489. The van der Waals surface area contributed by atoms with Crippen LogP contribution in [0.5, 0.6) is 5.75 Å². The highest BCUT2D eigenvalue weighted by atomic mass is 16.6. The van der Waals surface area contributed by atoms with E-state index in [9.17, 15) is 4.79 Å². The van der Waals surface area contributed by atoms with E-state index in [-0.39, 0.29) is 11.9 Å². The Morgan fingerprint density at radius 1 is 1.61 bits per heavy atom. The molecule has 0 spiro atoms. The van der Waals surface area contributed by atoms with E-state index in [1.807, 2.05) is 18.2 Å². The van der Waals surface area contributed by atoms with Gasteiger partial charge in [0.05, 0.1) is 18.2 Å². The molecule has 0 amide bonds. The predicted molar refractivity (Wildman–Crippen MR) is 62.9 cm³/mol. The standard InChI is InChI=1S/C13H13NO4/c1-2-17-12(15)13-7-9(13)11(14-16)8-5-3-4-6-10(8)18-13/h3-6,9,16H,2,7H2,1H3/b14-11+/t9-,13+/m1/s1. The van der Waals surface area contributed by atoms with Gasteiger partial charge in [-0.1, -0.05) is 17.3 Å². The third-order valence-electron chi connectivity index (χ3n) is 3.42. The fourth-order valence-electron chi connectivity index (χ4n) is 2.47. The van der Waals surface area contributed by atoms with Gasteiger partial charge in [-0.15, -0.1) is 0 Å². The minimum Gasteiger partial charge on any atom is -0.474 e. The minimum absolute atomic E-state index is 0.212. The molecular formula is C13H13NO4. The number of rotatable bonds is 2. The van der Waals surface area contributed by atoms with Crippen LogP contribution in [0, 0.1) is 5.92 Å². The average molecular weight is 247 g/mol. The maximum absolute atomic E-state index is 11.9. The van der Waals surface area contributed by atoms with Crippen molar-refractivity contribution in [1.29, 1.82) is 0 Å². The molecule has 3 rings (SSSR count). The Morgan fingerprint density at radius 2 is 2.39 bits per heavy atom. The SMILES string of the molecule is CCOC(=O)[C@]12C[C@@H]1/C(=N/O)c1ccccc1O2. The van der Waals surface area contributed by atoms with E-state index < -0.39 is 5.60 Å². The number of carbonyl (C=O) groups excluding carboxylic acids is 1. The summed E-state index contributed by atoms with van der Waals surface area (Å²) in [6, 6.07) is 7.23. The van der Waals surface area contributed by atoms with Crippen LogP contribution in [0.2, 0.25) is 0 Å². The molecule has 1 aromatic carbocycles. The van der Waals surface area contributed by atoms with Crippen molar-refractivity contribution >= 4 is 11.7 Å². The number of benzene rings is 1. The Morgan fingerprint density at radius 3 is 3.11 bits per heavy atom. The summed E-state index contributed by atoms with van der Waals surface area (Å²) in [6.45, 7) is 2.06. The van der Waals surface area contributed by atoms with Crippen LogP contribution in [0.15, 0.2) is 29.4 Å². The van der Waals surface area contributed by atoms with Crippen LogP contribution in [0.25, 0.3) is 0 Å². The summed E-state index contributed by atoms with van der Waals surface area (Å²) in [4.78, 5) is 11.9. The molecule has 1 heterocycles. The number of fused-ring (bicyclic) bond motifs is 2. The van der Waals surface area contributed by atoms with Crippen molar-refractivity contribution in [2.45, 2.75) is 18.9 Å². The molecule has 0 bridgehead atoms. The lowest BCUT2D eigenvalue weighted by Gasteiger charge is -2.24. The fraction of sp³-hybridized carbons (Fsp3) is 0.385. The molecule has 1 aliphatic carbocycles. The Bertz CT molecular complexity index is 540. The summed E-state index contributed by atoms with van der Waals surface area (Å²) in [5.74, 6) is -0.0331. The average Bonchev–Trinajstić information content (AvgIpc) is 3.11. The minimum atomic E-state index is -0.980. The van der Waals surface area contributed by atoms with Crippen LogP contribution < -0.4 is 4.74 Å². The van der Waals surface area contributed by atoms with Crippen molar-refractivity contribution in [2.75, 3.05) is 6.61 Å². The zero-order valence-corrected chi connectivity index (χ0v) is 9.92. The first-order valence-electron chi connectivity index (χ1n) is 5.90. The summed E-state index contributed by atoms with van der Waals surface area (Å²) in [5.41, 5.74) is 0.263. The largest absolute Gasteiger partial charge is 0.474 e. The fourth-order valence-corrected chi connectivity index (χ4v) is 2.47. The van der Waals surface area contributed by atoms with E-state index in [2.05, 4.69) is 5.16 Å². The number of ether oxygens (including phenoxy) is 2. The molecule has 5 nitrogen and oxygen atoms in total. The van der Waals surface area contributed by atoms with Crippen LogP contribution >= 0.6 is 0 Å². The van der Waals surface area contributed by atoms with Gasteiger partial charge in [0.2, 0.25) is 5.60 Å². The molecule has 1 N–H and O–H groups in total. The Labute approximate surface area is 104 Å². The number of nitrogens with zero attached hydrogens (tertiary/aromatic N) is 1. The van der Waals surface area contributed by atoms with Crippen LogP contribution in [-0.4, -0.2) is 29.1 Å². The zero-order chi connectivity index (χ0) is 12.8. The second-order valence-corrected chi connectivity index (χ2v) is 4.45. The van der Waals surface area contributed by atoms with E-state index in [1.54, 1.807) is 13.0 Å². The lowest BCUT2D eigenvalue weighted by Crippen LogP contribution is -2.39. The normalized spacial score (nSPS) is 30.1. The summed E-state index contributed by atoms with van der Waals surface area (Å²) in [5, 5.41) is 12.5. The number of hydrogen-bond acceptors (Lipinski definition) is 5. The van der Waals surface area contributed by atoms with Gasteiger partial charge in [0, 0.05) is 12.0 Å². The van der Waals surface area contributed by atoms with Crippen molar-refractivity contribution in [3.8, 4) is 5.75 Å². The first-order chi connectivity index (χ1) is 8.73. The van der Waals surface area contributed by atoms with Crippen LogP contribution in [0.4, 0.5) is 0 Å². The second kappa shape index (κ2) is 3.73. The molecule has 18 heavy (non-hydrogen) atoms. The first-order valence-corrected chi connectivity index (χ1v) is 5.90. The van der Waals surface area contributed by atoms with Crippen molar-refractivity contribution < 1.29 is 19.5 Å². The number of oxime groups is 1. The van der Waals surface area contributed by atoms with Crippen molar-refractivity contribution in [1.82, 2.24) is 0 Å². The van der Waals surface area contributed by atoms with E-state index in [1.165, 1.54) is 0 Å². The molecule has 1 aromatic rings. The van der Waals surface area contributed by atoms with Crippen LogP contribution in [0.1, 0.15) is 18.9 Å². The molecule has 2 aliphatic rings. The lowest BCUT2D eigenvalue weighted by molar-refractivity contribution is -0.154. The van der Waals surface area contributed by atoms with Gasteiger partial charge in [-0.3, -0.25) is 0 Å². The van der Waals surface area contributed by atoms with Gasteiger partial charge in [0.25, 0.3) is 0 Å². The summed E-state index contributed by atoms with van der Waals surface area (Å²) >= 11 is 0. The molecule has 94 valence electrons. The Kier molecular flexibility index (Phi) is 2.29. The third-order valence-corrected chi connectivity index (χ3v) is 3.42. The molecular weight excluding hydrogens is 234 g/mol. The van der Waals surface area contributed by atoms with Gasteiger partial charge in [-0.25, -0.2) is 4.79 Å². The smallest absolute Gasteiger partial charge is 0.351 e. The number of esters is 1. The molecule has 1 fully saturated rings. The van der Waals surface area contributed by atoms with Crippen molar-refractivity contribution in [3.05, 3.63) is 29.8 Å². The molecule has 1 aliphatic heterocycles. The first kappa shape index (κ1) is 11.1. The molecule has 0 radical (unpaired) electrons. The monoisotopic (exact) mass is 247 g/mol. The summed E-state index contributed by atoms with van der Waals surface area (Å²) in [6.07, 6.45) is 0.500. The van der Waals surface area contributed by atoms with Crippen LogP contribution in [0.3, 0.4) is 0 Å². The highest BCUT2D eigenvalue weighted by Gasteiger charge is 2.69. The van der Waals surface area contributed by atoms with Gasteiger partial charge >= 0.3 is 5.97 Å². The lowest BCUT2D eigenvalue weighted by atomic mass is 10.00. The molecule has 1 saturated carbocycles. The van der Waals surface area contributed by atoms with Crippen molar-refractivity contribution in [2.24, 2.45) is 11.1 Å². The highest BCUT2D eigenvalue weighted by Crippen LogP contribution is 2.54. The summed E-state index contributed by atoms with van der Waals surface area (Å²) < 4.78 is 10.8. The van der Waals surface area contributed by atoms with Gasteiger partial charge < -0.3 is 14.7 Å². The van der Waals surface area contributed by atoms with Crippen molar-refractivity contribution in [3.63, 3.8) is 0 Å². The van der Waals surface area contributed by atoms with E-state index in [0.717, 1.165) is 5.56 Å². The molecule has 0 saturated heterocycles. The number of hydrogen-bond donors (Lipinski definition) is 1. The van der Waals surface area contributed by atoms with E-state index in [0.29, 0.717) is 24.5 Å².